The summed E-state index contributed by atoms with van der Waals surface area (Å²) in [6.45, 7) is 1.83. The number of primary amides is 1. The van der Waals surface area contributed by atoms with Crippen molar-refractivity contribution in [2.75, 3.05) is 0 Å². The van der Waals surface area contributed by atoms with Gasteiger partial charge in [0.2, 0.25) is 0 Å². The molecule has 3 nitrogen and oxygen atoms in total. The number of hydrogen-bond donors (Lipinski definition) is 1. The highest BCUT2D eigenvalue weighted by molar-refractivity contribution is 6.30. The van der Waals surface area contributed by atoms with Gasteiger partial charge in [0.25, 0.3) is 5.91 Å². The van der Waals surface area contributed by atoms with Crippen LogP contribution in [-0.4, -0.2) is 12.0 Å². The molecule has 0 bridgehead atoms. The van der Waals surface area contributed by atoms with E-state index in [1.165, 1.54) is 0 Å². The maximum Gasteiger partial charge on any atom is 0.258 e. The Morgan fingerprint density at radius 1 is 1.64 bits per heavy atom. The van der Waals surface area contributed by atoms with Gasteiger partial charge in [0, 0.05) is 5.02 Å². The quantitative estimate of drug-likeness (QED) is 0.832. The third-order valence-electron chi connectivity index (χ3n) is 1.76. The molecule has 1 atom stereocenters. The molecule has 2 N–H and O–H groups in total. The molecule has 0 heterocycles. The first-order valence-electron chi connectivity index (χ1n) is 4.35. The first-order valence-corrected chi connectivity index (χ1v) is 4.72. The number of hydrogen-bond acceptors (Lipinski definition) is 2. The molecule has 0 radical (unpaired) electrons. The molecule has 0 unspecified atom stereocenters. The van der Waals surface area contributed by atoms with Crippen molar-refractivity contribution in [1.29, 1.82) is 0 Å². The van der Waals surface area contributed by atoms with Gasteiger partial charge in [-0.3, -0.25) is 4.79 Å². The molecule has 1 aromatic rings. The van der Waals surface area contributed by atoms with Gasteiger partial charge in [-0.2, -0.15) is 0 Å². The summed E-state index contributed by atoms with van der Waals surface area (Å²) in [4.78, 5) is 10.9. The summed E-state index contributed by atoms with van der Waals surface area (Å²) in [6, 6.07) is 6.87. The van der Waals surface area contributed by atoms with Crippen molar-refractivity contribution in [3.63, 3.8) is 0 Å². The van der Waals surface area contributed by atoms with E-state index in [0.717, 1.165) is 0 Å². The van der Waals surface area contributed by atoms with Crippen LogP contribution >= 0.6 is 11.6 Å². The predicted octanol–water partition coefficient (Wildman–Crippen LogP) is 1.98. The predicted molar refractivity (Wildman–Crippen MR) is 55.4 cm³/mol. The minimum Gasteiger partial charge on any atom is -0.481 e. The summed E-state index contributed by atoms with van der Waals surface area (Å²) in [5, 5.41) is 0.571. The summed E-state index contributed by atoms with van der Waals surface area (Å²) >= 11 is 5.75. The van der Waals surface area contributed by atoms with Crippen LogP contribution in [-0.2, 0) is 4.79 Å². The topological polar surface area (TPSA) is 52.3 Å². The Hall–Kier alpha value is -1.22. The molecule has 1 rings (SSSR count). The van der Waals surface area contributed by atoms with Gasteiger partial charge < -0.3 is 10.5 Å². The van der Waals surface area contributed by atoms with Crippen LogP contribution in [0.25, 0.3) is 0 Å². The van der Waals surface area contributed by atoms with Crippen molar-refractivity contribution in [3.8, 4) is 5.75 Å². The van der Waals surface area contributed by atoms with Gasteiger partial charge in [0.05, 0.1) is 0 Å². The molecular weight excluding hydrogens is 202 g/mol. The fourth-order valence-electron chi connectivity index (χ4n) is 1.05. The first-order chi connectivity index (χ1) is 6.63. The van der Waals surface area contributed by atoms with E-state index in [1.54, 1.807) is 24.3 Å². The number of benzene rings is 1. The van der Waals surface area contributed by atoms with Crippen LogP contribution in [0.3, 0.4) is 0 Å². The van der Waals surface area contributed by atoms with E-state index >= 15 is 0 Å². The van der Waals surface area contributed by atoms with Crippen molar-refractivity contribution >= 4 is 17.5 Å². The van der Waals surface area contributed by atoms with E-state index in [1.807, 2.05) is 6.92 Å². The average molecular weight is 214 g/mol. The second-order valence-corrected chi connectivity index (χ2v) is 3.31. The Kier molecular flexibility index (Phi) is 3.77. The fourth-order valence-corrected chi connectivity index (χ4v) is 1.23. The van der Waals surface area contributed by atoms with E-state index in [2.05, 4.69) is 0 Å². The molecule has 4 heteroatoms. The second kappa shape index (κ2) is 4.86. The summed E-state index contributed by atoms with van der Waals surface area (Å²) in [5.41, 5.74) is 5.14. The van der Waals surface area contributed by atoms with Crippen LogP contribution in [0, 0.1) is 0 Å². The lowest BCUT2D eigenvalue weighted by Crippen LogP contribution is -2.32. The molecule has 0 fully saturated rings. The third kappa shape index (κ3) is 2.92. The highest BCUT2D eigenvalue weighted by Gasteiger charge is 2.14. The number of halogens is 1. The largest absolute Gasteiger partial charge is 0.481 e. The monoisotopic (exact) mass is 213 g/mol. The summed E-state index contributed by atoms with van der Waals surface area (Å²) in [6.07, 6.45) is -0.0459. The smallest absolute Gasteiger partial charge is 0.258 e. The lowest BCUT2D eigenvalue weighted by Gasteiger charge is -2.13. The van der Waals surface area contributed by atoms with Crippen LogP contribution in [0.15, 0.2) is 24.3 Å². The summed E-state index contributed by atoms with van der Waals surface area (Å²) < 4.78 is 5.35. The molecule has 14 heavy (non-hydrogen) atoms. The van der Waals surface area contributed by atoms with Crippen molar-refractivity contribution in [3.05, 3.63) is 29.3 Å². The zero-order valence-corrected chi connectivity index (χ0v) is 8.62. The Labute approximate surface area is 87.8 Å². The number of carbonyl (C=O) groups excluding carboxylic acids is 1. The molecule has 0 aliphatic heterocycles. The molecule has 0 aromatic heterocycles. The van der Waals surface area contributed by atoms with E-state index in [-0.39, 0.29) is 0 Å². The van der Waals surface area contributed by atoms with Gasteiger partial charge in [-0.15, -0.1) is 0 Å². The molecule has 1 aromatic carbocycles. The van der Waals surface area contributed by atoms with Gasteiger partial charge in [0.1, 0.15) is 5.75 Å². The minimum absolute atomic E-state index is 0.465. The number of nitrogens with two attached hydrogens (primary N) is 1. The van der Waals surface area contributed by atoms with E-state index in [4.69, 9.17) is 22.1 Å². The zero-order chi connectivity index (χ0) is 10.6. The molecule has 0 aliphatic rings. The standard InChI is InChI=1S/C10H12ClNO2/c1-2-9(10(12)13)14-8-5-3-4-7(11)6-8/h3-6,9H,2H2,1H3,(H2,12,13)/t9-/m0/s1. The summed E-state index contributed by atoms with van der Waals surface area (Å²) in [7, 11) is 0. The van der Waals surface area contributed by atoms with Crippen molar-refractivity contribution in [2.45, 2.75) is 19.4 Å². The maximum absolute atomic E-state index is 10.9. The lowest BCUT2D eigenvalue weighted by molar-refractivity contribution is -0.124. The summed E-state index contributed by atoms with van der Waals surface area (Å²) in [5.74, 6) is 0.0932. The number of rotatable bonds is 4. The molecule has 76 valence electrons. The number of carbonyl (C=O) groups is 1. The Morgan fingerprint density at radius 2 is 2.36 bits per heavy atom. The third-order valence-corrected chi connectivity index (χ3v) is 2.00. The molecule has 0 spiro atoms. The SMILES string of the molecule is CC[C@H](Oc1cccc(Cl)c1)C(N)=O. The maximum atomic E-state index is 10.9. The molecule has 0 saturated carbocycles. The molecule has 1 amide bonds. The lowest BCUT2D eigenvalue weighted by atomic mass is 10.2. The number of ether oxygens (including phenoxy) is 1. The molecular formula is C10H12ClNO2. The Morgan fingerprint density at radius 3 is 2.86 bits per heavy atom. The van der Waals surface area contributed by atoms with Crippen LogP contribution in [0.5, 0.6) is 5.75 Å². The normalized spacial score (nSPS) is 12.1. The van der Waals surface area contributed by atoms with Crippen LogP contribution in [0.4, 0.5) is 0 Å². The van der Waals surface area contributed by atoms with Crippen LogP contribution < -0.4 is 10.5 Å². The van der Waals surface area contributed by atoms with E-state index in [0.29, 0.717) is 17.2 Å². The first kappa shape index (κ1) is 10.9. The highest BCUT2D eigenvalue weighted by Crippen LogP contribution is 2.18. The minimum atomic E-state index is -0.589. The zero-order valence-electron chi connectivity index (χ0n) is 7.87. The van der Waals surface area contributed by atoms with Crippen molar-refractivity contribution < 1.29 is 9.53 Å². The van der Waals surface area contributed by atoms with Crippen molar-refractivity contribution in [1.82, 2.24) is 0 Å². The van der Waals surface area contributed by atoms with Gasteiger partial charge in [0.15, 0.2) is 6.10 Å². The van der Waals surface area contributed by atoms with Gasteiger partial charge in [-0.05, 0) is 24.6 Å². The fraction of sp³-hybridized carbons (Fsp3) is 0.300. The van der Waals surface area contributed by atoms with Crippen molar-refractivity contribution in [2.24, 2.45) is 5.73 Å². The van der Waals surface area contributed by atoms with E-state index in [9.17, 15) is 4.79 Å². The average Bonchev–Trinajstić information content (AvgIpc) is 2.14. The van der Waals surface area contributed by atoms with Crippen LogP contribution in [0.2, 0.25) is 5.02 Å². The molecule has 0 aliphatic carbocycles. The van der Waals surface area contributed by atoms with Gasteiger partial charge in [-0.25, -0.2) is 0 Å². The number of amides is 1. The second-order valence-electron chi connectivity index (χ2n) is 2.87. The molecule has 0 saturated heterocycles. The van der Waals surface area contributed by atoms with Gasteiger partial charge in [-0.1, -0.05) is 24.6 Å². The Balaban J connectivity index is 2.72. The van der Waals surface area contributed by atoms with Crippen LogP contribution in [0.1, 0.15) is 13.3 Å². The van der Waals surface area contributed by atoms with Gasteiger partial charge >= 0.3 is 0 Å². The highest BCUT2D eigenvalue weighted by atomic mass is 35.5. The van der Waals surface area contributed by atoms with E-state index < -0.39 is 12.0 Å². The Bertz CT molecular complexity index is 328.